The number of hydrogen-bond acceptors (Lipinski definition) is 4. The summed E-state index contributed by atoms with van der Waals surface area (Å²) >= 11 is 0. The highest BCUT2D eigenvalue weighted by Gasteiger charge is 2.28. The van der Waals surface area contributed by atoms with E-state index in [1.54, 1.807) is 28.0 Å². The first kappa shape index (κ1) is 17.4. The van der Waals surface area contributed by atoms with Gasteiger partial charge in [0, 0.05) is 18.0 Å². The highest BCUT2D eigenvalue weighted by Crippen LogP contribution is 2.40. The van der Waals surface area contributed by atoms with Crippen LogP contribution in [0.2, 0.25) is 0 Å². The van der Waals surface area contributed by atoms with Gasteiger partial charge in [-0.05, 0) is 32.0 Å². The molecule has 1 aromatic heterocycles. The van der Waals surface area contributed by atoms with E-state index in [9.17, 15) is 8.42 Å². The molecule has 0 saturated carbocycles. The van der Waals surface area contributed by atoms with Crippen molar-refractivity contribution in [1.82, 2.24) is 3.97 Å². The number of nitrogens with one attached hydrogen (secondary N) is 1. The largest absolute Gasteiger partial charge is 0.497 e. The quantitative estimate of drug-likeness (QED) is 0.750. The minimum Gasteiger partial charge on any atom is -0.497 e. The van der Waals surface area contributed by atoms with Crippen molar-refractivity contribution in [3.05, 3.63) is 48.5 Å². The fourth-order valence-corrected chi connectivity index (χ4v) is 4.28. The fourth-order valence-electron chi connectivity index (χ4n) is 2.97. The summed E-state index contributed by atoms with van der Waals surface area (Å²) in [5.41, 5.74) is 2.85. The van der Waals surface area contributed by atoms with Gasteiger partial charge < -0.3 is 10.1 Å². The highest BCUT2D eigenvalue weighted by atomic mass is 32.2. The first-order chi connectivity index (χ1) is 11.9. The average molecular weight is 358 g/mol. The Balaban J connectivity index is 2.48. The number of nitrogens with zero attached hydrogens (tertiary/aromatic N) is 1. The van der Waals surface area contributed by atoms with E-state index in [1.165, 1.54) is 3.97 Å². The van der Waals surface area contributed by atoms with Crippen LogP contribution >= 0.6 is 0 Å². The summed E-state index contributed by atoms with van der Waals surface area (Å²) in [5.74, 6) is 0.679. The maximum atomic E-state index is 13.1. The van der Waals surface area contributed by atoms with Gasteiger partial charge in [-0.2, -0.15) is 0 Å². The van der Waals surface area contributed by atoms with Crippen LogP contribution in [0.15, 0.2) is 48.5 Å². The van der Waals surface area contributed by atoms with E-state index in [2.05, 4.69) is 5.32 Å². The van der Waals surface area contributed by atoms with Crippen LogP contribution in [0.4, 0.5) is 5.69 Å². The van der Waals surface area contributed by atoms with Crippen LogP contribution in [-0.4, -0.2) is 31.8 Å². The minimum atomic E-state index is -3.56. The molecular weight excluding hydrogens is 336 g/mol. The van der Waals surface area contributed by atoms with Gasteiger partial charge in [0.25, 0.3) is 0 Å². The summed E-state index contributed by atoms with van der Waals surface area (Å²) in [7, 11) is -0.156. The lowest BCUT2D eigenvalue weighted by Crippen LogP contribution is -2.23. The van der Waals surface area contributed by atoms with Crippen molar-refractivity contribution in [2.24, 2.45) is 0 Å². The van der Waals surface area contributed by atoms with Crippen LogP contribution in [-0.2, 0) is 10.0 Å². The lowest BCUT2D eigenvalue weighted by atomic mass is 10.1. The first-order valence-corrected chi connectivity index (χ1v) is 9.62. The third kappa shape index (κ3) is 2.76. The molecule has 0 atom stereocenters. The standard InChI is InChI=1S/C19H22N2O3S/c1-13(2)25(22,23)21-17-11-6-5-10-16(17)18(20-3)19(21)14-8-7-9-15(12-14)24-4/h5-13,20H,1-4H3. The molecule has 0 aliphatic heterocycles. The van der Waals surface area contributed by atoms with Crippen LogP contribution in [0, 0.1) is 0 Å². The van der Waals surface area contributed by atoms with Crippen molar-refractivity contribution in [3.8, 4) is 17.0 Å². The smallest absolute Gasteiger partial charge is 0.241 e. The van der Waals surface area contributed by atoms with Crippen LogP contribution < -0.4 is 10.1 Å². The number of anilines is 1. The number of rotatable bonds is 5. The molecule has 0 fully saturated rings. The Morgan fingerprint density at radius 3 is 2.44 bits per heavy atom. The molecule has 3 rings (SSSR count). The molecule has 0 spiro atoms. The van der Waals surface area contributed by atoms with E-state index in [4.69, 9.17) is 4.74 Å². The summed E-state index contributed by atoms with van der Waals surface area (Å²) < 4.78 is 33.0. The second-order valence-electron chi connectivity index (χ2n) is 6.08. The number of ether oxygens (including phenoxy) is 1. The SMILES string of the molecule is CNc1c(-c2cccc(OC)c2)n(S(=O)(=O)C(C)C)c2ccccc12. The molecule has 0 saturated heterocycles. The first-order valence-electron chi connectivity index (χ1n) is 8.11. The van der Waals surface area contributed by atoms with Gasteiger partial charge in [0.2, 0.25) is 10.0 Å². The van der Waals surface area contributed by atoms with Gasteiger partial charge in [0.15, 0.2) is 0 Å². The number of para-hydroxylation sites is 1. The zero-order valence-corrected chi connectivity index (χ0v) is 15.6. The Kier molecular flexibility index (Phi) is 4.47. The summed E-state index contributed by atoms with van der Waals surface area (Å²) in [5, 5.41) is 3.50. The normalized spacial score (nSPS) is 11.9. The molecule has 1 heterocycles. The molecule has 2 aromatic carbocycles. The minimum absolute atomic E-state index is 0.544. The zero-order valence-electron chi connectivity index (χ0n) is 14.8. The summed E-state index contributed by atoms with van der Waals surface area (Å²) in [6.45, 7) is 3.39. The monoisotopic (exact) mass is 358 g/mol. The summed E-state index contributed by atoms with van der Waals surface area (Å²) in [6.07, 6.45) is 0. The molecule has 3 aromatic rings. The van der Waals surface area contributed by atoms with Crippen LogP contribution in [0.1, 0.15) is 13.8 Å². The van der Waals surface area contributed by atoms with Gasteiger partial charge in [0.05, 0.1) is 29.3 Å². The van der Waals surface area contributed by atoms with Gasteiger partial charge in [-0.15, -0.1) is 0 Å². The topological polar surface area (TPSA) is 60.3 Å². The molecule has 132 valence electrons. The van der Waals surface area contributed by atoms with Gasteiger partial charge in [-0.25, -0.2) is 12.4 Å². The number of methoxy groups -OCH3 is 1. The lowest BCUT2D eigenvalue weighted by Gasteiger charge is -2.16. The van der Waals surface area contributed by atoms with E-state index >= 15 is 0 Å². The molecule has 0 bridgehead atoms. The Hall–Kier alpha value is -2.47. The molecule has 25 heavy (non-hydrogen) atoms. The molecule has 0 radical (unpaired) electrons. The second kappa shape index (κ2) is 6.44. The van der Waals surface area contributed by atoms with Gasteiger partial charge in [-0.3, -0.25) is 0 Å². The molecular formula is C19H22N2O3S. The van der Waals surface area contributed by atoms with E-state index in [0.717, 1.165) is 16.6 Å². The van der Waals surface area contributed by atoms with Crippen molar-refractivity contribution >= 4 is 26.6 Å². The highest BCUT2D eigenvalue weighted by molar-refractivity contribution is 7.90. The Bertz CT molecular complexity index is 1020. The maximum Gasteiger partial charge on any atom is 0.241 e. The predicted octanol–water partition coefficient (Wildman–Crippen LogP) is 3.94. The number of benzene rings is 2. The van der Waals surface area contributed by atoms with Crippen molar-refractivity contribution in [2.75, 3.05) is 19.5 Å². The zero-order chi connectivity index (χ0) is 18.2. The Morgan fingerprint density at radius 1 is 1.08 bits per heavy atom. The molecule has 1 N–H and O–H groups in total. The molecule has 6 heteroatoms. The van der Waals surface area contributed by atoms with Crippen molar-refractivity contribution < 1.29 is 13.2 Å². The average Bonchev–Trinajstić information content (AvgIpc) is 2.96. The van der Waals surface area contributed by atoms with E-state index < -0.39 is 15.3 Å². The van der Waals surface area contributed by atoms with Crippen molar-refractivity contribution in [2.45, 2.75) is 19.1 Å². The number of aromatic nitrogens is 1. The van der Waals surface area contributed by atoms with E-state index in [0.29, 0.717) is 17.0 Å². The predicted molar refractivity (Wildman–Crippen MR) is 103 cm³/mol. The summed E-state index contributed by atoms with van der Waals surface area (Å²) in [4.78, 5) is 0. The van der Waals surface area contributed by atoms with Crippen LogP contribution in [0.5, 0.6) is 5.75 Å². The molecule has 0 aliphatic rings. The number of hydrogen-bond donors (Lipinski definition) is 1. The molecule has 0 aliphatic carbocycles. The fraction of sp³-hybridized carbons (Fsp3) is 0.263. The van der Waals surface area contributed by atoms with Gasteiger partial charge in [-0.1, -0.05) is 30.3 Å². The Labute approximate surface area is 148 Å². The van der Waals surface area contributed by atoms with Gasteiger partial charge in [0.1, 0.15) is 5.75 Å². The van der Waals surface area contributed by atoms with Crippen LogP contribution in [0.25, 0.3) is 22.2 Å². The second-order valence-corrected chi connectivity index (χ2v) is 8.42. The third-order valence-electron chi connectivity index (χ3n) is 4.28. The third-order valence-corrected chi connectivity index (χ3v) is 6.36. The maximum absolute atomic E-state index is 13.1. The molecule has 5 nitrogen and oxygen atoms in total. The Morgan fingerprint density at radius 2 is 1.80 bits per heavy atom. The summed E-state index contributed by atoms with van der Waals surface area (Å²) in [6, 6.07) is 15.0. The van der Waals surface area contributed by atoms with Crippen LogP contribution in [0.3, 0.4) is 0 Å². The van der Waals surface area contributed by atoms with Crippen molar-refractivity contribution in [3.63, 3.8) is 0 Å². The van der Waals surface area contributed by atoms with E-state index in [-0.39, 0.29) is 0 Å². The lowest BCUT2D eigenvalue weighted by molar-refractivity contribution is 0.415. The molecule has 0 unspecified atom stereocenters. The van der Waals surface area contributed by atoms with E-state index in [1.807, 2.05) is 48.5 Å². The van der Waals surface area contributed by atoms with Gasteiger partial charge >= 0.3 is 0 Å². The molecule has 0 amide bonds. The van der Waals surface area contributed by atoms with Crippen molar-refractivity contribution in [1.29, 1.82) is 0 Å². The number of fused-ring (bicyclic) bond motifs is 1.